The summed E-state index contributed by atoms with van der Waals surface area (Å²) in [5.74, 6) is -4.25. The van der Waals surface area contributed by atoms with E-state index < -0.39 is 23.4 Å². The SMILES string of the molecule is Fc1ccc(-c2nc(F)c(F)cc2F)cc1. The van der Waals surface area contributed by atoms with Crippen molar-refractivity contribution in [3.8, 4) is 11.3 Å². The van der Waals surface area contributed by atoms with Crippen molar-refractivity contribution in [2.75, 3.05) is 0 Å². The molecule has 0 bridgehead atoms. The summed E-state index contributed by atoms with van der Waals surface area (Å²) >= 11 is 0. The standard InChI is InChI=1S/C11H5F4N/c12-7-3-1-6(2-4-7)10-8(13)5-9(14)11(15)16-10/h1-5H. The van der Waals surface area contributed by atoms with Gasteiger partial charge in [-0.05, 0) is 24.3 Å². The summed E-state index contributed by atoms with van der Waals surface area (Å²) in [6, 6.07) is 5.03. The van der Waals surface area contributed by atoms with E-state index in [2.05, 4.69) is 4.98 Å². The zero-order valence-corrected chi connectivity index (χ0v) is 7.85. The molecule has 0 fully saturated rings. The Kier molecular flexibility index (Phi) is 2.60. The highest BCUT2D eigenvalue weighted by molar-refractivity contribution is 5.59. The van der Waals surface area contributed by atoms with Crippen LogP contribution in [0.1, 0.15) is 0 Å². The Morgan fingerprint density at radius 2 is 1.44 bits per heavy atom. The van der Waals surface area contributed by atoms with Gasteiger partial charge in [0.1, 0.15) is 11.5 Å². The number of nitrogens with zero attached hydrogens (tertiary/aromatic N) is 1. The Bertz CT molecular complexity index is 522. The van der Waals surface area contributed by atoms with E-state index in [9.17, 15) is 17.6 Å². The molecule has 82 valence electrons. The molecule has 5 heteroatoms. The predicted octanol–water partition coefficient (Wildman–Crippen LogP) is 3.31. The molecule has 0 radical (unpaired) electrons. The highest BCUT2D eigenvalue weighted by Gasteiger charge is 2.13. The van der Waals surface area contributed by atoms with E-state index in [0.29, 0.717) is 6.07 Å². The fourth-order valence-corrected chi connectivity index (χ4v) is 1.25. The van der Waals surface area contributed by atoms with Gasteiger partial charge in [0.15, 0.2) is 11.6 Å². The Balaban J connectivity index is 2.56. The van der Waals surface area contributed by atoms with E-state index >= 15 is 0 Å². The zero-order chi connectivity index (χ0) is 11.7. The fourth-order valence-electron chi connectivity index (χ4n) is 1.25. The minimum absolute atomic E-state index is 0.179. The van der Waals surface area contributed by atoms with Crippen LogP contribution in [0.4, 0.5) is 17.6 Å². The van der Waals surface area contributed by atoms with Gasteiger partial charge in [-0.3, -0.25) is 0 Å². The second kappa shape index (κ2) is 3.92. The minimum atomic E-state index is -1.39. The van der Waals surface area contributed by atoms with Crippen molar-refractivity contribution in [2.45, 2.75) is 0 Å². The molecule has 0 aliphatic rings. The van der Waals surface area contributed by atoms with Crippen LogP contribution in [-0.4, -0.2) is 4.98 Å². The Labute approximate surface area is 88.4 Å². The van der Waals surface area contributed by atoms with Crippen LogP contribution in [-0.2, 0) is 0 Å². The van der Waals surface area contributed by atoms with Gasteiger partial charge in [0.05, 0.1) is 0 Å². The second-order valence-corrected chi connectivity index (χ2v) is 3.10. The number of hydrogen-bond acceptors (Lipinski definition) is 1. The molecule has 0 atom stereocenters. The lowest BCUT2D eigenvalue weighted by molar-refractivity contribution is 0.466. The maximum absolute atomic E-state index is 13.3. The van der Waals surface area contributed by atoms with Gasteiger partial charge in [0.25, 0.3) is 0 Å². The summed E-state index contributed by atoms with van der Waals surface area (Å²) < 4.78 is 51.3. The van der Waals surface area contributed by atoms with Crippen LogP contribution in [0.5, 0.6) is 0 Å². The monoisotopic (exact) mass is 227 g/mol. The highest BCUT2D eigenvalue weighted by Crippen LogP contribution is 2.22. The molecule has 1 nitrogen and oxygen atoms in total. The van der Waals surface area contributed by atoms with Crippen molar-refractivity contribution < 1.29 is 17.6 Å². The molecule has 1 aromatic carbocycles. The van der Waals surface area contributed by atoms with Crippen molar-refractivity contribution >= 4 is 0 Å². The lowest BCUT2D eigenvalue weighted by Gasteiger charge is -2.03. The minimum Gasteiger partial charge on any atom is -0.214 e. The maximum atomic E-state index is 13.3. The molecular formula is C11H5F4N. The summed E-state index contributed by atoms with van der Waals surface area (Å²) in [4.78, 5) is 3.13. The zero-order valence-electron chi connectivity index (χ0n) is 7.85. The maximum Gasteiger partial charge on any atom is 0.249 e. The lowest BCUT2D eigenvalue weighted by atomic mass is 10.1. The van der Waals surface area contributed by atoms with Crippen LogP contribution in [0.3, 0.4) is 0 Å². The molecule has 0 aliphatic heterocycles. The predicted molar refractivity (Wildman–Crippen MR) is 49.5 cm³/mol. The van der Waals surface area contributed by atoms with Crippen LogP contribution in [0.15, 0.2) is 30.3 Å². The van der Waals surface area contributed by atoms with Gasteiger partial charge >= 0.3 is 0 Å². The second-order valence-electron chi connectivity index (χ2n) is 3.10. The summed E-state index contributed by atoms with van der Waals surface area (Å²) in [5.41, 5.74) is -0.170. The third-order valence-corrected chi connectivity index (χ3v) is 2.00. The van der Waals surface area contributed by atoms with Gasteiger partial charge in [-0.25, -0.2) is 18.2 Å². The van der Waals surface area contributed by atoms with Gasteiger partial charge in [-0.2, -0.15) is 4.39 Å². The van der Waals surface area contributed by atoms with Crippen molar-refractivity contribution in [3.63, 3.8) is 0 Å². The molecule has 0 saturated carbocycles. The summed E-state index contributed by atoms with van der Waals surface area (Å²) in [7, 11) is 0. The van der Waals surface area contributed by atoms with E-state index in [1.165, 1.54) is 12.1 Å². The number of hydrogen-bond donors (Lipinski definition) is 0. The normalized spacial score (nSPS) is 10.5. The molecule has 2 aromatic rings. The van der Waals surface area contributed by atoms with Gasteiger partial charge in [-0.15, -0.1) is 0 Å². The Morgan fingerprint density at radius 3 is 2.06 bits per heavy atom. The lowest BCUT2D eigenvalue weighted by Crippen LogP contribution is -1.97. The topological polar surface area (TPSA) is 12.9 Å². The van der Waals surface area contributed by atoms with Crippen LogP contribution in [0, 0.1) is 23.4 Å². The number of pyridine rings is 1. The summed E-state index contributed by atoms with van der Waals surface area (Å²) in [5, 5.41) is 0. The molecule has 0 saturated heterocycles. The van der Waals surface area contributed by atoms with E-state index in [1.54, 1.807) is 0 Å². The van der Waals surface area contributed by atoms with Crippen LogP contribution < -0.4 is 0 Å². The van der Waals surface area contributed by atoms with Gasteiger partial charge < -0.3 is 0 Å². The molecule has 16 heavy (non-hydrogen) atoms. The van der Waals surface area contributed by atoms with E-state index in [4.69, 9.17) is 0 Å². The molecule has 1 aromatic heterocycles. The van der Waals surface area contributed by atoms with Crippen LogP contribution in [0.25, 0.3) is 11.3 Å². The van der Waals surface area contributed by atoms with Gasteiger partial charge in [0.2, 0.25) is 5.95 Å². The first-order chi connectivity index (χ1) is 7.58. The fraction of sp³-hybridized carbons (Fsp3) is 0. The van der Waals surface area contributed by atoms with Crippen molar-refractivity contribution in [3.05, 3.63) is 53.7 Å². The van der Waals surface area contributed by atoms with Crippen molar-refractivity contribution in [1.82, 2.24) is 4.98 Å². The smallest absolute Gasteiger partial charge is 0.214 e. The Hall–Kier alpha value is -1.91. The number of aromatic nitrogens is 1. The van der Waals surface area contributed by atoms with Gasteiger partial charge in [0, 0.05) is 11.6 Å². The number of benzene rings is 1. The van der Waals surface area contributed by atoms with E-state index in [0.717, 1.165) is 12.1 Å². The third kappa shape index (κ3) is 1.88. The summed E-state index contributed by atoms with van der Waals surface area (Å²) in [6.45, 7) is 0. The Morgan fingerprint density at radius 1 is 0.812 bits per heavy atom. The first-order valence-corrected chi connectivity index (χ1v) is 4.35. The quantitative estimate of drug-likeness (QED) is 0.538. The molecule has 1 heterocycles. The van der Waals surface area contributed by atoms with E-state index in [-0.39, 0.29) is 11.3 Å². The summed E-state index contributed by atoms with van der Waals surface area (Å²) in [6.07, 6.45) is 0. The molecule has 0 spiro atoms. The third-order valence-electron chi connectivity index (χ3n) is 2.00. The average molecular weight is 227 g/mol. The first kappa shape index (κ1) is 10.6. The molecule has 2 rings (SSSR count). The molecule has 0 N–H and O–H groups in total. The molecular weight excluding hydrogens is 222 g/mol. The molecule has 0 unspecified atom stereocenters. The van der Waals surface area contributed by atoms with Crippen molar-refractivity contribution in [1.29, 1.82) is 0 Å². The van der Waals surface area contributed by atoms with Crippen LogP contribution in [0.2, 0.25) is 0 Å². The van der Waals surface area contributed by atoms with Crippen LogP contribution >= 0.6 is 0 Å². The van der Waals surface area contributed by atoms with Crippen molar-refractivity contribution in [2.24, 2.45) is 0 Å². The number of halogens is 4. The average Bonchev–Trinajstić information content (AvgIpc) is 2.25. The highest BCUT2D eigenvalue weighted by atomic mass is 19.2. The van der Waals surface area contributed by atoms with E-state index in [1.807, 2.05) is 0 Å². The molecule has 0 amide bonds. The largest absolute Gasteiger partial charge is 0.249 e. The molecule has 0 aliphatic carbocycles. The number of rotatable bonds is 1. The first-order valence-electron chi connectivity index (χ1n) is 4.35. The van der Waals surface area contributed by atoms with Gasteiger partial charge in [-0.1, -0.05) is 0 Å².